The molecule has 0 aliphatic heterocycles. The molecule has 0 heterocycles. The van der Waals surface area contributed by atoms with Crippen LogP contribution in [0.4, 0.5) is 0 Å². The molecule has 0 aliphatic carbocycles. The summed E-state index contributed by atoms with van der Waals surface area (Å²) in [5, 5.41) is 8.79. The summed E-state index contributed by atoms with van der Waals surface area (Å²) in [6, 6.07) is 2.15. The quantitative estimate of drug-likeness (QED) is 0.0878. The van der Waals surface area contributed by atoms with Crippen LogP contribution in [0.1, 0.15) is 124 Å². The van der Waals surface area contributed by atoms with E-state index in [0.717, 1.165) is 19.6 Å². The molecule has 0 saturated carbocycles. The molecule has 0 amide bonds. The largest absolute Gasteiger partial charge is 0.381 e. The first kappa shape index (κ1) is 33.8. The van der Waals surface area contributed by atoms with Crippen LogP contribution in [0.3, 0.4) is 0 Å². The molecular weight excluding hydrogens is 443 g/mol. The number of hydrogen-bond acceptors (Lipinski definition) is 5. The van der Waals surface area contributed by atoms with Gasteiger partial charge in [-0.3, -0.25) is 4.90 Å². The van der Waals surface area contributed by atoms with Gasteiger partial charge in [-0.15, -0.1) is 0 Å². The molecule has 34 heavy (non-hydrogen) atoms. The van der Waals surface area contributed by atoms with E-state index in [0.29, 0.717) is 25.6 Å². The monoisotopic (exact) mass is 500 g/mol. The lowest BCUT2D eigenvalue weighted by Crippen LogP contribution is -2.32. The first-order chi connectivity index (χ1) is 16.5. The Morgan fingerprint density at radius 1 is 0.676 bits per heavy atom. The molecular formula is C28H57N2O3P. The van der Waals surface area contributed by atoms with Crippen LogP contribution in [0.2, 0.25) is 0 Å². The van der Waals surface area contributed by atoms with E-state index in [1.54, 1.807) is 0 Å². The highest BCUT2D eigenvalue weighted by atomic mass is 31.2. The molecule has 0 radical (unpaired) electrons. The Labute approximate surface area is 214 Å². The standard InChI is InChI=1S/C28H57N2O3P/c1-6-7-8-9-10-11-12-13-14-15-16-17-18-19-23-31-24-21-26-33-34(32-25-20-22-29)28(27(2)3)30(4)5/h27-28H,6-21,23-26H2,1-5H3. The van der Waals surface area contributed by atoms with Gasteiger partial charge in [0.1, 0.15) is 0 Å². The molecule has 0 aromatic rings. The van der Waals surface area contributed by atoms with E-state index in [9.17, 15) is 0 Å². The normalized spacial score (nSPS) is 13.5. The van der Waals surface area contributed by atoms with Crippen LogP contribution in [-0.2, 0) is 13.8 Å². The van der Waals surface area contributed by atoms with E-state index >= 15 is 0 Å². The fraction of sp³-hybridized carbons (Fsp3) is 0.964. The van der Waals surface area contributed by atoms with Crippen LogP contribution in [0, 0.1) is 17.2 Å². The summed E-state index contributed by atoms with van der Waals surface area (Å²) in [4.78, 5) is 2.18. The lowest BCUT2D eigenvalue weighted by Gasteiger charge is -2.33. The highest BCUT2D eigenvalue weighted by molar-refractivity contribution is 7.48. The number of ether oxygens (including phenoxy) is 1. The Hall–Kier alpha value is -0.240. The average Bonchev–Trinajstić information content (AvgIpc) is 2.80. The van der Waals surface area contributed by atoms with Crippen LogP contribution in [0.5, 0.6) is 0 Å². The minimum atomic E-state index is -1.04. The minimum Gasteiger partial charge on any atom is -0.381 e. The number of hydrogen-bond donors (Lipinski definition) is 0. The summed E-state index contributed by atoms with van der Waals surface area (Å²) in [7, 11) is 3.09. The lowest BCUT2D eigenvalue weighted by molar-refractivity contribution is 0.112. The second kappa shape index (κ2) is 25.8. The third-order valence-electron chi connectivity index (χ3n) is 6.07. The fourth-order valence-electron chi connectivity index (χ4n) is 4.22. The van der Waals surface area contributed by atoms with E-state index in [4.69, 9.17) is 19.0 Å². The maximum atomic E-state index is 8.79. The van der Waals surface area contributed by atoms with Crippen LogP contribution >= 0.6 is 8.38 Å². The fourth-order valence-corrected chi connectivity index (χ4v) is 6.04. The molecule has 0 aromatic carbocycles. The van der Waals surface area contributed by atoms with Gasteiger partial charge in [0.15, 0.2) is 8.38 Å². The highest BCUT2D eigenvalue weighted by Gasteiger charge is 2.29. The third-order valence-corrected chi connectivity index (χ3v) is 8.43. The van der Waals surface area contributed by atoms with E-state index in [2.05, 4.69) is 45.8 Å². The van der Waals surface area contributed by atoms with Gasteiger partial charge in [-0.05, 0) is 32.9 Å². The SMILES string of the molecule is CCCCCCCCCCCCCCCCOCCCOP(OCCC#N)C(C(C)C)N(C)C. The molecule has 0 bridgehead atoms. The van der Waals surface area contributed by atoms with Crippen molar-refractivity contribution in [2.45, 2.75) is 129 Å². The van der Waals surface area contributed by atoms with Crippen LogP contribution in [-0.4, -0.2) is 51.2 Å². The maximum Gasteiger partial charge on any atom is 0.189 e. The van der Waals surface area contributed by atoms with Crippen molar-refractivity contribution in [1.82, 2.24) is 4.90 Å². The maximum absolute atomic E-state index is 8.79. The molecule has 0 fully saturated rings. The van der Waals surface area contributed by atoms with Gasteiger partial charge in [-0.25, -0.2) is 0 Å². The predicted molar refractivity (Wildman–Crippen MR) is 147 cm³/mol. The molecule has 0 spiro atoms. The molecule has 5 nitrogen and oxygen atoms in total. The van der Waals surface area contributed by atoms with Gasteiger partial charge >= 0.3 is 0 Å². The van der Waals surface area contributed by atoms with Gasteiger partial charge in [0.2, 0.25) is 0 Å². The summed E-state index contributed by atoms with van der Waals surface area (Å²) in [5.41, 5.74) is 0. The Morgan fingerprint density at radius 2 is 1.15 bits per heavy atom. The van der Waals surface area contributed by atoms with Gasteiger partial charge in [0.05, 0.1) is 31.5 Å². The van der Waals surface area contributed by atoms with Crippen molar-refractivity contribution in [3.8, 4) is 6.07 Å². The van der Waals surface area contributed by atoms with Crippen molar-refractivity contribution in [3.05, 3.63) is 0 Å². The topological polar surface area (TPSA) is 54.7 Å². The predicted octanol–water partition coefficient (Wildman–Crippen LogP) is 8.68. The van der Waals surface area contributed by atoms with E-state index in [-0.39, 0.29) is 5.78 Å². The molecule has 6 heteroatoms. The average molecular weight is 501 g/mol. The second-order valence-corrected chi connectivity index (χ2v) is 11.7. The molecule has 0 aliphatic rings. The number of rotatable bonds is 26. The van der Waals surface area contributed by atoms with Gasteiger partial charge in [0, 0.05) is 13.2 Å². The Bertz CT molecular complexity index is 449. The molecule has 2 unspecified atom stereocenters. The summed E-state index contributed by atoms with van der Waals surface area (Å²) in [6.07, 6.45) is 20.7. The molecule has 0 saturated heterocycles. The first-order valence-electron chi connectivity index (χ1n) is 14.2. The summed E-state index contributed by atoms with van der Waals surface area (Å²) in [6.45, 7) is 9.36. The van der Waals surface area contributed by atoms with Crippen LogP contribution in [0.15, 0.2) is 0 Å². The van der Waals surface area contributed by atoms with E-state index in [1.807, 2.05) is 0 Å². The summed E-state index contributed by atoms with van der Waals surface area (Å²) >= 11 is 0. The van der Waals surface area contributed by atoms with Crippen molar-refractivity contribution in [2.75, 3.05) is 40.5 Å². The van der Waals surface area contributed by atoms with Gasteiger partial charge < -0.3 is 13.8 Å². The smallest absolute Gasteiger partial charge is 0.189 e. The number of nitriles is 1. The van der Waals surface area contributed by atoms with Crippen molar-refractivity contribution in [3.63, 3.8) is 0 Å². The molecule has 202 valence electrons. The van der Waals surface area contributed by atoms with Crippen LogP contribution < -0.4 is 0 Å². The van der Waals surface area contributed by atoms with Crippen molar-refractivity contribution in [2.24, 2.45) is 5.92 Å². The van der Waals surface area contributed by atoms with E-state index in [1.165, 1.54) is 89.9 Å². The zero-order valence-electron chi connectivity index (χ0n) is 23.4. The van der Waals surface area contributed by atoms with Gasteiger partial charge in [0.25, 0.3) is 0 Å². The number of unbranched alkanes of at least 4 members (excludes halogenated alkanes) is 13. The Balaban J connectivity index is 3.59. The minimum absolute atomic E-state index is 0.227. The summed E-state index contributed by atoms with van der Waals surface area (Å²) < 4.78 is 17.9. The lowest BCUT2D eigenvalue weighted by atomic mass is 10.0. The Kier molecular flexibility index (Phi) is 25.7. The van der Waals surface area contributed by atoms with E-state index < -0.39 is 8.38 Å². The van der Waals surface area contributed by atoms with Gasteiger partial charge in [-0.1, -0.05) is 104 Å². The van der Waals surface area contributed by atoms with Crippen molar-refractivity contribution < 1.29 is 13.8 Å². The molecule has 2 atom stereocenters. The molecule has 0 aromatic heterocycles. The van der Waals surface area contributed by atoms with Crippen molar-refractivity contribution >= 4 is 8.38 Å². The first-order valence-corrected chi connectivity index (χ1v) is 15.4. The number of nitrogens with zero attached hydrogens (tertiary/aromatic N) is 2. The summed E-state index contributed by atoms with van der Waals surface area (Å²) in [5.74, 6) is 0.657. The van der Waals surface area contributed by atoms with Gasteiger partial charge in [-0.2, -0.15) is 5.26 Å². The zero-order valence-corrected chi connectivity index (χ0v) is 24.3. The molecule has 0 rings (SSSR count). The third kappa shape index (κ3) is 21.1. The zero-order chi connectivity index (χ0) is 25.3. The Morgan fingerprint density at radius 3 is 1.62 bits per heavy atom. The second-order valence-electron chi connectivity index (χ2n) is 10.0. The van der Waals surface area contributed by atoms with Crippen LogP contribution in [0.25, 0.3) is 0 Å². The van der Waals surface area contributed by atoms with Crippen molar-refractivity contribution in [1.29, 1.82) is 5.26 Å². The molecule has 0 N–H and O–H groups in total. The highest BCUT2D eigenvalue weighted by Crippen LogP contribution is 2.48.